The molecule has 2 aromatic carbocycles. The van der Waals surface area contributed by atoms with Crippen LogP contribution in [0, 0.1) is 11.6 Å². The lowest BCUT2D eigenvalue weighted by atomic mass is 10.2. The van der Waals surface area contributed by atoms with Gasteiger partial charge in [-0.05, 0) is 42.4 Å². The molecular formula is C15H15F2NS. The van der Waals surface area contributed by atoms with Crippen LogP contribution in [0.2, 0.25) is 0 Å². The maximum absolute atomic E-state index is 13.9. The van der Waals surface area contributed by atoms with Crippen LogP contribution in [-0.4, -0.2) is 6.54 Å². The monoisotopic (exact) mass is 279 g/mol. The normalized spacial score (nSPS) is 10.7. The molecule has 19 heavy (non-hydrogen) atoms. The minimum absolute atomic E-state index is 0.273. The van der Waals surface area contributed by atoms with Crippen molar-refractivity contribution >= 4 is 11.8 Å². The first-order chi connectivity index (χ1) is 9.19. The first-order valence-corrected chi connectivity index (χ1v) is 6.93. The molecule has 100 valence electrons. The highest BCUT2D eigenvalue weighted by Crippen LogP contribution is 2.30. The van der Waals surface area contributed by atoms with Gasteiger partial charge in [0.15, 0.2) is 0 Å². The first-order valence-electron chi connectivity index (χ1n) is 6.11. The van der Waals surface area contributed by atoms with Crippen molar-refractivity contribution in [1.82, 2.24) is 5.32 Å². The third-order valence-electron chi connectivity index (χ3n) is 2.60. The Bertz CT molecular complexity index is 558. The maximum atomic E-state index is 13.9. The van der Waals surface area contributed by atoms with E-state index >= 15 is 0 Å². The summed E-state index contributed by atoms with van der Waals surface area (Å²) in [4.78, 5) is 1.20. The molecule has 0 fully saturated rings. The molecule has 2 rings (SSSR count). The van der Waals surface area contributed by atoms with E-state index in [1.807, 2.05) is 13.0 Å². The predicted octanol–water partition coefficient (Wildman–Crippen LogP) is 4.23. The number of hydrogen-bond acceptors (Lipinski definition) is 2. The van der Waals surface area contributed by atoms with Gasteiger partial charge in [-0.1, -0.05) is 30.8 Å². The number of nitrogens with one attached hydrogen (secondary N) is 1. The van der Waals surface area contributed by atoms with E-state index in [-0.39, 0.29) is 11.6 Å². The molecule has 0 aromatic heterocycles. The average molecular weight is 279 g/mol. The molecule has 1 nitrogen and oxygen atoms in total. The zero-order valence-electron chi connectivity index (χ0n) is 10.6. The van der Waals surface area contributed by atoms with Gasteiger partial charge in [-0.2, -0.15) is 0 Å². The van der Waals surface area contributed by atoms with Crippen molar-refractivity contribution in [1.29, 1.82) is 0 Å². The molecular weight excluding hydrogens is 264 g/mol. The average Bonchev–Trinajstić information content (AvgIpc) is 2.39. The third-order valence-corrected chi connectivity index (χ3v) is 3.64. The van der Waals surface area contributed by atoms with E-state index in [9.17, 15) is 8.78 Å². The Hall–Kier alpha value is -1.39. The van der Waals surface area contributed by atoms with Gasteiger partial charge in [-0.25, -0.2) is 8.78 Å². The van der Waals surface area contributed by atoms with E-state index in [4.69, 9.17) is 0 Å². The smallest absolute Gasteiger partial charge is 0.137 e. The van der Waals surface area contributed by atoms with Gasteiger partial charge < -0.3 is 5.32 Å². The fraction of sp³-hybridized carbons (Fsp3) is 0.200. The van der Waals surface area contributed by atoms with Gasteiger partial charge in [0.05, 0.1) is 0 Å². The predicted molar refractivity (Wildman–Crippen MR) is 74.3 cm³/mol. The van der Waals surface area contributed by atoms with Crippen molar-refractivity contribution in [3.8, 4) is 0 Å². The van der Waals surface area contributed by atoms with Crippen LogP contribution < -0.4 is 5.32 Å². The molecule has 4 heteroatoms. The summed E-state index contributed by atoms with van der Waals surface area (Å²) < 4.78 is 27.0. The zero-order chi connectivity index (χ0) is 13.7. The second-order valence-electron chi connectivity index (χ2n) is 4.10. The van der Waals surface area contributed by atoms with Crippen molar-refractivity contribution in [3.63, 3.8) is 0 Å². The lowest BCUT2D eigenvalue weighted by Crippen LogP contribution is -2.11. The summed E-state index contributed by atoms with van der Waals surface area (Å²) in [6.07, 6.45) is 0. The van der Waals surface area contributed by atoms with Gasteiger partial charge in [0.1, 0.15) is 11.6 Å². The summed E-state index contributed by atoms with van der Waals surface area (Å²) in [6, 6.07) is 11.3. The number of benzene rings is 2. The van der Waals surface area contributed by atoms with E-state index < -0.39 is 0 Å². The van der Waals surface area contributed by atoms with Crippen molar-refractivity contribution in [2.75, 3.05) is 6.54 Å². The Balaban J connectivity index is 2.13. The Morgan fingerprint density at radius 1 is 1.11 bits per heavy atom. The number of hydrogen-bond donors (Lipinski definition) is 1. The molecule has 2 aromatic rings. The Morgan fingerprint density at radius 3 is 2.63 bits per heavy atom. The largest absolute Gasteiger partial charge is 0.313 e. The minimum atomic E-state index is -0.311. The second kappa shape index (κ2) is 6.68. The highest BCUT2D eigenvalue weighted by Gasteiger charge is 2.06. The van der Waals surface area contributed by atoms with Gasteiger partial charge in [-0.3, -0.25) is 0 Å². The van der Waals surface area contributed by atoms with Crippen LogP contribution in [0.25, 0.3) is 0 Å². The van der Waals surface area contributed by atoms with Crippen LogP contribution in [0.15, 0.2) is 52.3 Å². The molecule has 0 aliphatic rings. The third kappa shape index (κ3) is 4.04. The fourth-order valence-corrected chi connectivity index (χ4v) is 2.53. The van der Waals surface area contributed by atoms with Crippen molar-refractivity contribution in [3.05, 3.63) is 59.7 Å². The lowest BCUT2D eigenvalue weighted by molar-refractivity contribution is 0.596. The highest BCUT2D eigenvalue weighted by molar-refractivity contribution is 7.99. The van der Waals surface area contributed by atoms with Gasteiger partial charge in [0.25, 0.3) is 0 Å². The highest BCUT2D eigenvalue weighted by atomic mass is 32.2. The number of rotatable bonds is 5. The summed E-state index contributed by atoms with van der Waals surface area (Å²) in [5, 5.41) is 3.15. The summed E-state index contributed by atoms with van der Waals surface area (Å²) in [5.41, 5.74) is 0.906. The van der Waals surface area contributed by atoms with Crippen LogP contribution in [0.1, 0.15) is 12.5 Å². The van der Waals surface area contributed by atoms with Gasteiger partial charge >= 0.3 is 0 Å². The van der Waals surface area contributed by atoms with Gasteiger partial charge in [-0.15, -0.1) is 0 Å². The molecule has 0 spiro atoms. The molecule has 0 saturated heterocycles. The summed E-state index contributed by atoms with van der Waals surface area (Å²) in [5.74, 6) is -0.584. The van der Waals surface area contributed by atoms with Crippen LogP contribution in [0.4, 0.5) is 8.78 Å². The molecule has 0 aliphatic carbocycles. The summed E-state index contributed by atoms with van der Waals surface area (Å²) >= 11 is 1.23. The van der Waals surface area contributed by atoms with Gasteiger partial charge in [0.2, 0.25) is 0 Å². The Morgan fingerprint density at radius 2 is 1.95 bits per heavy atom. The van der Waals surface area contributed by atoms with E-state index in [1.165, 1.54) is 30.0 Å². The zero-order valence-corrected chi connectivity index (χ0v) is 11.4. The molecule has 0 amide bonds. The Kier molecular flexibility index (Phi) is 4.93. The topological polar surface area (TPSA) is 12.0 Å². The van der Waals surface area contributed by atoms with Crippen LogP contribution in [0.5, 0.6) is 0 Å². The standard InChI is InChI=1S/C15H15F2NS/c1-2-18-10-11-6-7-15(14(17)8-11)19-13-5-3-4-12(16)9-13/h3-9,18H,2,10H2,1H3. The van der Waals surface area contributed by atoms with Gasteiger partial charge in [0, 0.05) is 16.3 Å². The van der Waals surface area contributed by atoms with E-state index in [0.29, 0.717) is 16.3 Å². The van der Waals surface area contributed by atoms with Crippen LogP contribution in [-0.2, 0) is 6.54 Å². The molecule has 0 heterocycles. The van der Waals surface area contributed by atoms with Crippen molar-refractivity contribution in [2.45, 2.75) is 23.3 Å². The lowest BCUT2D eigenvalue weighted by Gasteiger charge is -2.06. The quantitative estimate of drug-likeness (QED) is 0.879. The van der Waals surface area contributed by atoms with Crippen LogP contribution in [0.3, 0.4) is 0 Å². The Labute approximate surface area is 116 Å². The first kappa shape index (κ1) is 14.0. The van der Waals surface area contributed by atoms with Crippen molar-refractivity contribution in [2.24, 2.45) is 0 Å². The molecule has 0 bridgehead atoms. The summed E-state index contributed by atoms with van der Waals surface area (Å²) in [6.45, 7) is 3.50. The molecule has 0 aliphatic heterocycles. The SMILES string of the molecule is CCNCc1ccc(Sc2cccc(F)c2)c(F)c1. The van der Waals surface area contributed by atoms with E-state index in [1.54, 1.807) is 18.2 Å². The van der Waals surface area contributed by atoms with E-state index in [0.717, 1.165) is 12.1 Å². The molecule has 0 atom stereocenters. The molecule has 1 N–H and O–H groups in total. The second-order valence-corrected chi connectivity index (χ2v) is 5.22. The molecule has 0 saturated carbocycles. The fourth-order valence-electron chi connectivity index (χ4n) is 1.66. The van der Waals surface area contributed by atoms with Crippen LogP contribution >= 0.6 is 11.8 Å². The molecule has 0 unspecified atom stereocenters. The minimum Gasteiger partial charge on any atom is -0.313 e. The molecule has 0 radical (unpaired) electrons. The number of halogens is 2. The maximum Gasteiger partial charge on any atom is 0.137 e. The van der Waals surface area contributed by atoms with E-state index in [2.05, 4.69) is 5.32 Å². The summed E-state index contributed by atoms with van der Waals surface area (Å²) in [7, 11) is 0. The van der Waals surface area contributed by atoms with Crippen molar-refractivity contribution < 1.29 is 8.78 Å².